The zero-order valence-electron chi connectivity index (χ0n) is 11.3. The Morgan fingerprint density at radius 2 is 1.90 bits per heavy atom. The number of nitrogens with zero attached hydrogens (tertiary/aromatic N) is 2. The van der Waals surface area contributed by atoms with Gasteiger partial charge in [0.15, 0.2) is 0 Å². The van der Waals surface area contributed by atoms with E-state index in [1.54, 1.807) is 12.1 Å². The highest BCUT2D eigenvalue weighted by Gasteiger charge is 2.28. The van der Waals surface area contributed by atoms with Gasteiger partial charge >= 0.3 is 7.05 Å². The average molecular weight is 281 g/mol. The summed E-state index contributed by atoms with van der Waals surface area (Å²) in [5.41, 5.74) is 5.66. The first-order valence-electron chi connectivity index (χ1n) is 6.45. The van der Waals surface area contributed by atoms with Crippen LogP contribution in [-0.4, -0.2) is 17.8 Å². The first kappa shape index (κ1) is 13.3. The van der Waals surface area contributed by atoms with Crippen molar-refractivity contribution in [1.82, 2.24) is 5.48 Å². The first-order chi connectivity index (χ1) is 10.1. The molecule has 1 heterocycles. The zero-order chi connectivity index (χ0) is 14.8. The number of rotatable bonds is 3. The van der Waals surface area contributed by atoms with Gasteiger partial charge in [-0.05, 0) is 24.5 Å². The lowest BCUT2D eigenvalue weighted by Crippen LogP contribution is -2.33. The second-order valence-corrected chi connectivity index (χ2v) is 4.71. The number of hydrogen-bond donors (Lipinski definition) is 1. The maximum atomic E-state index is 10.6. The number of nitrogens with one attached hydrogen (secondary N) is 1. The van der Waals surface area contributed by atoms with Crippen LogP contribution in [0.3, 0.4) is 0 Å². The molecule has 0 aliphatic carbocycles. The summed E-state index contributed by atoms with van der Waals surface area (Å²) in [6, 6.07) is 14.0. The van der Waals surface area contributed by atoms with Crippen LogP contribution < -0.4 is 10.9 Å². The van der Waals surface area contributed by atoms with Crippen molar-refractivity contribution in [2.45, 2.75) is 6.92 Å². The standard InChI is InChI=1S/C14H12BN3O3/c1-10-4-2-3-5-13(10)15-16-14(17-21-15)11-6-8-12(9-7-11)18(19)20/h2-9H,1H3,(H,16,17). The van der Waals surface area contributed by atoms with Gasteiger partial charge in [0.05, 0.1) is 4.92 Å². The predicted molar refractivity (Wildman–Crippen MR) is 80.4 cm³/mol. The summed E-state index contributed by atoms with van der Waals surface area (Å²) in [4.78, 5) is 14.7. The quantitative estimate of drug-likeness (QED) is 0.526. The lowest BCUT2D eigenvalue weighted by molar-refractivity contribution is -0.384. The highest BCUT2D eigenvalue weighted by Crippen LogP contribution is 2.14. The van der Waals surface area contributed by atoms with Crippen LogP contribution in [0.25, 0.3) is 0 Å². The summed E-state index contributed by atoms with van der Waals surface area (Å²) in [6.45, 7) is 2.00. The summed E-state index contributed by atoms with van der Waals surface area (Å²) in [5, 5.41) is 10.6. The van der Waals surface area contributed by atoms with E-state index < -0.39 is 12.0 Å². The van der Waals surface area contributed by atoms with Gasteiger partial charge in [-0.15, -0.1) is 0 Å². The van der Waals surface area contributed by atoms with Crippen molar-refractivity contribution in [3.8, 4) is 0 Å². The molecular formula is C14H12BN3O3. The van der Waals surface area contributed by atoms with Gasteiger partial charge in [-0.25, -0.2) is 0 Å². The maximum Gasteiger partial charge on any atom is 0.496 e. The molecule has 7 heteroatoms. The Hall–Kier alpha value is -2.67. The number of nitro groups is 1. The highest BCUT2D eigenvalue weighted by atomic mass is 16.6. The largest absolute Gasteiger partial charge is 0.496 e. The Labute approximate surface area is 121 Å². The Morgan fingerprint density at radius 1 is 1.19 bits per heavy atom. The molecular weight excluding hydrogens is 269 g/mol. The Morgan fingerprint density at radius 3 is 2.57 bits per heavy atom. The second-order valence-electron chi connectivity index (χ2n) is 4.71. The molecule has 6 nitrogen and oxygen atoms in total. The van der Waals surface area contributed by atoms with E-state index in [9.17, 15) is 10.1 Å². The molecule has 0 saturated heterocycles. The Balaban J connectivity index is 1.86. The molecule has 104 valence electrons. The summed E-state index contributed by atoms with van der Waals surface area (Å²) in [5.74, 6) is 0.568. The summed E-state index contributed by atoms with van der Waals surface area (Å²) in [7, 11) is -0.406. The van der Waals surface area contributed by atoms with Crippen molar-refractivity contribution < 1.29 is 9.68 Å². The van der Waals surface area contributed by atoms with E-state index >= 15 is 0 Å². The van der Waals surface area contributed by atoms with Crippen molar-refractivity contribution in [2.75, 3.05) is 0 Å². The van der Waals surface area contributed by atoms with E-state index in [0.29, 0.717) is 5.84 Å². The molecule has 1 aliphatic rings. The summed E-state index contributed by atoms with van der Waals surface area (Å²) < 4.78 is 5.48. The molecule has 0 unspecified atom stereocenters. The van der Waals surface area contributed by atoms with Crippen molar-refractivity contribution >= 4 is 24.0 Å². The minimum absolute atomic E-state index is 0.0497. The Bertz CT molecular complexity index is 716. The van der Waals surface area contributed by atoms with E-state index in [4.69, 9.17) is 4.76 Å². The second kappa shape index (κ2) is 5.38. The molecule has 0 aromatic heterocycles. The minimum atomic E-state index is -0.430. The lowest BCUT2D eigenvalue weighted by Gasteiger charge is -2.04. The Kier molecular flexibility index (Phi) is 3.41. The van der Waals surface area contributed by atoms with Gasteiger partial charge in [-0.2, -0.15) is 0 Å². The number of aryl methyl sites for hydroxylation is 1. The van der Waals surface area contributed by atoms with Crippen LogP contribution in [0.15, 0.2) is 53.4 Å². The van der Waals surface area contributed by atoms with Gasteiger partial charge < -0.3 is 0 Å². The minimum Gasteiger partial charge on any atom is -0.300 e. The normalized spacial score (nSPS) is 13.8. The fraction of sp³-hybridized carbons (Fsp3) is 0.0714. The first-order valence-corrected chi connectivity index (χ1v) is 6.45. The van der Waals surface area contributed by atoms with Crippen molar-refractivity contribution in [2.24, 2.45) is 4.90 Å². The number of non-ortho nitro benzene ring substituents is 1. The zero-order valence-corrected chi connectivity index (χ0v) is 11.3. The monoisotopic (exact) mass is 281 g/mol. The maximum absolute atomic E-state index is 10.6. The fourth-order valence-corrected chi connectivity index (χ4v) is 2.15. The third kappa shape index (κ3) is 2.63. The van der Waals surface area contributed by atoms with Crippen LogP contribution in [0.4, 0.5) is 5.69 Å². The van der Waals surface area contributed by atoms with E-state index in [1.165, 1.54) is 12.1 Å². The van der Waals surface area contributed by atoms with Crippen molar-refractivity contribution in [1.29, 1.82) is 0 Å². The van der Waals surface area contributed by atoms with Crippen LogP contribution in [0.2, 0.25) is 0 Å². The number of nitro benzene ring substituents is 1. The number of hydroxylamine groups is 1. The molecule has 0 atom stereocenters. The van der Waals surface area contributed by atoms with Gasteiger partial charge in [-0.3, -0.25) is 25.3 Å². The number of hydrogen-bond acceptors (Lipinski definition) is 5. The van der Waals surface area contributed by atoms with Gasteiger partial charge in [-0.1, -0.05) is 29.8 Å². The van der Waals surface area contributed by atoms with E-state index in [0.717, 1.165) is 16.6 Å². The predicted octanol–water partition coefficient (Wildman–Crippen LogP) is 1.58. The molecule has 0 fully saturated rings. The fourth-order valence-electron chi connectivity index (χ4n) is 2.15. The SMILES string of the molecule is Cc1ccccc1B1N=C(c2ccc([N+](=O)[O-])cc2)NO1. The summed E-state index contributed by atoms with van der Waals surface area (Å²) >= 11 is 0. The lowest BCUT2D eigenvalue weighted by atomic mass is 9.73. The van der Waals surface area contributed by atoms with E-state index in [-0.39, 0.29) is 5.69 Å². The van der Waals surface area contributed by atoms with Gasteiger partial charge in [0.25, 0.3) is 5.69 Å². The number of amidine groups is 1. The highest BCUT2D eigenvalue weighted by molar-refractivity contribution is 6.68. The molecule has 0 saturated carbocycles. The van der Waals surface area contributed by atoms with E-state index in [1.807, 2.05) is 31.2 Å². The van der Waals surface area contributed by atoms with Gasteiger partial charge in [0, 0.05) is 17.7 Å². The molecule has 21 heavy (non-hydrogen) atoms. The molecule has 0 bridgehead atoms. The third-order valence-electron chi connectivity index (χ3n) is 3.32. The topological polar surface area (TPSA) is 76.8 Å². The third-order valence-corrected chi connectivity index (χ3v) is 3.32. The molecule has 0 radical (unpaired) electrons. The molecule has 1 aliphatic heterocycles. The van der Waals surface area contributed by atoms with Gasteiger partial charge in [0.2, 0.25) is 0 Å². The molecule has 0 spiro atoms. The molecule has 0 amide bonds. The van der Waals surface area contributed by atoms with Crippen LogP contribution in [0, 0.1) is 17.0 Å². The van der Waals surface area contributed by atoms with Crippen molar-refractivity contribution in [3.05, 3.63) is 69.8 Å². The van der Waals surface area contributed by atoms with Crippen LogP contribution >= 0.6 is 0 Å². The molecule has 3 rings (SSSR count). The van der Waals surface area contributed by atoms with Crippen LogP contribution in [-0.2, 0) is 4.76 Å². The van der Waals surface area contributed by atoms with Gasteiger partial charge in [0.1, 0.15) is 5.84 Å². The smallest absolute Gasteiger partial charge is 0.300 e. The number of benzene rings is 2. The molecule has 2 aromatic carbocycles. The average Bonchev–Trinajstić information content (AvgIpc) is 2.97. The van der Waals surface area contributed by atoms with Crippen LogP contribution in [0.5, 0.6) is 0 Å². The molecule has 2 aromatic rings. The van der Waals surface area contributed by atoms with Crippen molar-refractivity contribution in [3.63, 3.8) is 0 Å². The molecule has 1 N–H and O–H groups in total. The van der Waals surface area contributed by atoms with Crippen LogP contribution in [0.1, 0.15) is 11.1 Å². The summed E-state index contributed by atoms with van der Waals surface area (Å²) in [6.07, 6.45) is 0. The van der Waals surface area contributed by atoms with E-state index in [2.05, 4.69) is 10.4 Å².